The lowest BCUT2D eigenvalue weighted by Gasteiger charge is -2.20. The lowest BCUT2D eigenvalue weighted by Crippen LogP contribution is -2.56. The number of carboxylic acids is 2. The first-order valence-electron chi connectivity index (χ1n) is 5.75. The van der Waals surface area contributed by atoms with Crippen LogP contribution in [-0.4, -0.2) is 69.6 Å². The van der Waals surface area contributed by atoms with E-state index < -0.39 is 54.9 Å². The normalized spacial score (nSPS) is 14.6. The second-order valence-corrected chi connectivity index (χ2v) is 4.40. The fourth-order valence-electron chi connectivity index (χ4n) is 1.21. The van der Waals surface area contributed by atoms with Crippen LogP contribution in [0.25, 0.3) is 0 Å². The summed E-state index contributed by atoms with van der Waals surface area (Å²) in [5, 5.41) is 30.1. The summed E-state index contributed by atoms with van der Waals surface area (Å²) >= 11 is 3.83. The zero-order valence-corrected chi connectivity index (χ0v) is 11.7. The molecular weight excluding hydrogens is 306 g/mol. The van der Waals surface area contributed by atoms with E-state index in [9.17, 15) is 19.2 Å². The van der Waals surface area contributed by atoms with Crippen LogP contribution in [0.1, 0.15) is 6.42 Å². The smallest absolute Gasteiger partial charge is 0.328 e. The van der Waals surface area contributed by atoms with E-state index in [1.807, 2.05) is 5.32 Å². The van der Waals surface area contributed by atoms with Crippen molar-refractivity contribution in [3.05, 3.63) is 0 Å². The molecule has 21 heavy (non-hydrogen) atoms. The first kappa shape index (κ1) is 19.1. The number of carboxylic acid groups (broad SMARTS) is 2. The molecule has 0 bridgehead atoms. The number of thiol groups is 1. The van der Waals surface area contributed by atoms with E-state index in [0.717, 1.165) is 0 Å². The van der Waals surface area contributed by atoms with E-state index in [1.165, 1.54) is 0 Å². The third-order valence-electron chi connectivity index (χ3n) is 2.34. The molecule has 0 spiro atoms. The summed E-state index contributed by atoms with van der Waals surface area (Å²) in [6, 6.07) is -4.09. The Morgan fingerprint density at radius 2 is 1.57 bits per heavy atom. The molecule has 3 atom stereocenters. The van der Waals surface area contributed by atoms with Gasteiger partial charge in [0, 0.05) is 5.75 Å². The van der Waals surface area contributed by atoms with Crippen LogP contribution in [0.2, 0.25) is 0 Å². The Labute approximate surface area is 125 Å². The number of aliphatic hydroxyl groups is 1. The summed E-state index contributed by atoms with van der Waals surface area (Å²) in [7, 11) is 0. The Morgan fingerprint density at radius 1 is 1.05 bits per heavy atom. The number of carbonyl (C=O) groups excluding carboxylic acids is 2. The van der Waals surface area contributed by atoms with Crippen molar-refractivity contribution in [2.24, 2.45) is 5.73 Å². The highest BCUT2D eigenvalue weighted by atomic mass is 32.1. The summed E-state index contributed by atoms with van der Waals surface area (Å²) in [6.45, 7) is -0.827. The van der Waals surface area contributed by atoms with Crippen LogP contribution in [0.15, 0.2) is 0 Å². The highest BCUT2D eigenvalue weighted by Gasteiger charge is 2.27. The first-order chi connectivity index (χ1) is 9.72. The van der Waals surface area contributed by atoms with Gasteiger partial charge in [-0.05, 0) is 0 Å². The third kappa shape index (κ3) is 6.92. The van der Waals surface area contributed by atoms with Crippen molar-refractivity contribution in [1.29, 1.82) is 0 Å². The van der Waals surface area contributed by atoms with Gasteiger partial charge in [-0.2, -0.15) is 12.6 Å². The van der Waals surface area contributed by atoms with Gasteiger partial charge in [0.1, 0.15) is 12.1 Å². The van der Waals surface area contributed by atoms with Gasteiger partial charge in [0.15, 0.2) is 0 Å². The molecule has 120 valence electrons. The monoisotopic (exact) mass is 323 g/mol. The number of nitrogens with one attached hydrogen (secondary N) is 2. The molecule has 0 saturated heterocycles. The molecule has 0 aromatic heterocycles. The van der Waals surface area contributed by atoms with Crippen LogP contribution in [0, 0.1) is 0 Å². The second-order valence-electron chi connectivity index (χ2n) is 4.03. The van der Waals surface area contributed by atoms with Crippen LogP contribution in [0.4, 0.5) is 0 Å². The molecule has 10 nitrogen and oxygen atoms in total. The van der Waals surface area contributed by atoms with Crippen LogP contribution in [-0.2, 0) is 19.2 Å². The van der Waals surface area contributed by atoms with Gasteiger partial charge in [0.2, 0.25) is 11.8 Å². The Hall–Kier alpha value is -1.85. The van der Waals surface area contributed by atoms with E-state index >= 15 is 0 Å². The molecule has 2 amide bonds. The van der Waals surface area contributed by atoms with E-state index in [4.69, 9.17) is 21.1 Å². The molecule has 0 aliphatic heterocycles. The topological polar surface area (TPSA) is 179 Å². The minimum atomic E-state index is -1.52. The van der Waals surface area contributed by atoms with Crippen molar-refractivity contribution in [3.63, 3.8) is 0 Å². The Balaban J connectivity index is 4.63. The zero-order valence-electron chi connectivity index (χ0n) is 10.9. The first-order valence-corrected chi connectivity index (χ1v) is 6.38. The molecule has 0 fully saturated rings. The molecule has 0 unspecified atom stereocenters. The number of amides is 2. The average Bonchev–Trinajstić information content (AvgIpc) is 2.40. The number of hydrogen-bond acceptors (Lipinski definition) is 7. The second kappa shape index (κ2) is 9.15. The Kier molecular flexibility index (Phi) is 8.35. The molecule has 0 heterocycles. The number of aliphatic carboxylic acids is 2. The third-order valence-corrected chi connectivity index (χ3v) is 2.71. The van der Waals surface area contributed by atoms with Crippen molar-refractivity contribution in [3.8, 4) is 0 Å². The molecule has 0 aromatic rings. The van der Waals surface area contributed by atoms with Crippen LogP contribution < -0.4 is 16.4 Å². The maximum Gasteiger partial charge on any atom is 0.328 e. The Bertz CT molecular complexity index is 417. The summed E-state index contributed by atoms with van der Waals surface area (Å²) in [6.07, 6.45) is -0.624. The summed E-state index contributed by atoms with van der Waals surface area (Å²) in [5.41, 5.74) is 5.31. The number of nitrogens with two attached hydrogens (primary N) is 1. The summed E-state index contributed by atoms with van der Waals surface area (Å²) in [5.74, 6) is -4.67. The SMILES string of the molecule is N[C@@H](CC(=O)O)C(=O)N[C@@H](CS)C(=O)N[C@@H](CO)C(=O)O. The zero-order chi connectivity index (χ0) is 16.6. The molecule has 0 aliphatic rings. The molecular formula is C10H17N3O7S. The minimum Gasteiger partial charge on any atom is -0.481 e. The number of carbonyl (C=O) groups is 4. The predicted octanol–water partition coefficient (Wildman–Crippen LogP) is -3.24. The fourth-order valence-corrected chi connectivity index (χ4v) is 1.47. The van der Waals surface area contributed by atoms with E-state index in [2.05, 4.69) is 17.9 Å². The lowest BCUT2D eigenvalue weighted by atomic mass is 10.2. The minimum absolute atomic E-state index is 0.171. The maximum absolute atomic E-state index is 11.7. The summed E-state index contributed by atoms with van der Waals surface area (Å²) < 4.78 is 0. The van der Waals surface area contributed by atoms with Gasteiger partial charge >= 0.3 is 11.9 Å². The van der Waals surface area contributed by atoms with Gasteiger partial charge in [0.25, 0.3) is 0 Å². The van der Waals surface area contributed by atoms with Gasteiger partial charge in [0.05, 0.1) is 19.1 Å². The maximum atomic E-state index is 11.7. The number of hydrogen-bond donors (Lipinski definition) is 7. The molecule has 0 aliphatic carbocycles. The van der Waals surface area contributed by atoms with Gasteiger partial charge < -0.3 is 31.7 Å². The highest BCUT2D eigenvalue weighted by Crippen LogP contribution is 1.95. The molecule has 0 saturated carbocycles. The average molecular weight is 323 g/mol. The van der Waals surface area contributed by atoms with Gasteiger partial charge in [-0.25, -0.2) is 4.79 Å². The van der Waals surface area contributed by atoms with Crippen molar-refractivity contribution in [2.45, 2.75) is 24.5 Å². The van der Waals surface area contributed by atoms with Crippen LogP contribution in [0.5, 0.6) is 0 Å². The van der Waals surface area contributed by atoms with Crippen molar-refractivity contribution >= 4 is 36.4 Å². The highest BCUT2D eigenvalue weighted by molar-refractivity contribution is 7.80. The molecule has 7 N–H and O–H groups in total. The van der Waals surface area contributed by atoms with Crippen LogP contribution >= 0.6 is 12.6 Å². The van der Waals surface area contributed by atoms with E-state index in [1.54, 1.807) is 0 Å². The van der Waals surface area contributed by atoms with Gasteiger partial charge in [-0.15, -0.1) is 0 Å². The van der Waals surface area contributed by atoms with Crippen molar-refractivity contribution < 1.29 is 34.5 Å². The fraction of sp³-hybridized carbons (Fsp3) is 0.600. The standard InChI is InChI=1S/C10H17N3O7S/c11-4(1-7(15)16)8(17)13-6(3-21)9(18)12-5(2-14)10(19)20/h4-6,14,21H,1-3,11H2,(H,12,18)(H,13,17)(H,15,16)(H,19,20)/t4-,5-,6-/m0/s1. The van der Waals surface area contributed by atoms with Gasteiger partial charge in [-0.3, -0.25) is 14.4 Å². The lowest BCUT2D eigenvalue weighted by molar-refractivity contribution is -0.143. The Morgan fingerprint density at radius 3 is 1.95 bits per heavy atom. The quantitative estimate of drug-likeness (QED) is 0.216. The van der Waals surface area contributed by atoms with Crippen LogP contribution in [0.3, 0.4) is 0 Å². The van der Waals surface area contributed by atoms with Crippen molar-refractivity contribution in [1.82, 2.24) is 10.6 Å². The largest absolute Gasteiger partial charge is 0.481 e. The van der Waals surface area contributed by atoms with Crippen molar-refractivity contribution in [2.75, 3.05) is 12.4 Å². The number of rotatable bonds is 9. The van der Waals surface area contributed by atoms with E-state index in [0.29, 0.717) is 0 Å². The molecule has 11 heteroatoms. The molecule has 0 rings (SSSR count). The predicted molar refractivity (Wildman–Crippen MR) is 72.7 cm³/mol. The van der Waals surface area contributed by atoms with Gasteiger partial charge in [-0.1, -0.05) is 0 Å². The van der Waals surface area contributed by atoms with E-state index in [-0.39, 0.29) is 5.75 Å². The number of aliphatic hydroxyl groups excluding tert-OH is 1. The summed E-state index contributed by atoms with van der Waals surface area (Å²) in [4.78, 5) is 44.4. The molecule has 0 aromatic carbocycles. The molecule has 0 radical (unpaired) electrons.